The maximum Gasteiger partial charge on any atom is 0.161 e. The average molecular weight is 1670 g/mol. The second-order valence-electron chi connectivity index (χ2n) is 37.3. The highest BCUT2D eigenvalue weighted by Crippen LogP contribution is 2.61. The topological polar surface area (TPSA) is 130 Å². The fourth-order valence-electron chi connectivity index (χ4n) is 22.7. The van der Waals surface area contributed by atoms with Crippen molar-refractivity contribution in [1.29, 1.82) is 0 Å². The quantitative estimate of drug-likeness (QED) is 0.159. The number of hydrogen-bond donors (Lipinski definition) is 0. The largest absolute Gasteiger partial charge is 0.456 e. The number of furan rings is 4. The summed E-state index contributed by atoms with van der Waals surface area (Å²) in [6.45, 7) is 18.6. The SMILES string of the molecule is CC1(C)c2ccccc2-c2c(-c3nc(-c4cccc5oc6ccccc6c45)c4ccccc4n3)cc3oc4ccccc4c3c21.CC1(C)c2ccccc2-c2c(-c3nc(-c4ccccc4)c4ccccc4n3)cc3oc4ccccc4c3c21.CC1(C)c2ccccc2-c2ccc(-c3nc(-c4cc5oc6ccccc6c5c5c4-c4ccccc4C5(C)C)nc4ccccc34)cc21. The Morgan fingerprint density at radius 2 is 0.485 bits per heavy atom. The Balaban J connectivity index is 0.000000103. The molecule has 7 heterocycles. The van der Waals surface area contributed by atoms with E-state index in [-0.39, 0.29) is 21.7 Å². The lowest BCUT2D eigenvalue weighted by Gasteiger charge is -2.23. The Hall–Kier alpha value is -16.0. The predicted octanol–water partition coefficient (Wildman–Crippen LogP) is 31.7. The molecular weight excluding hydrogens is 1590 g/mol. The number of para-hydroxylation sites is 7. The van der Waals surface area contributed by atoms with Gasteiger partial charge in [0.15, 0.2) is 17.5 Å². The van der Waals surface area contributed by atoms with Crippen molar-refractivity contribution in [3.63, 3.8) is 0 Å². The van der Waals surface area contributed by atoms with Crippen LogP contribution in [0.1, 0.15) is 99.9 Å². The summed E-state index contributed by atoms with van der Waals surface area (Å²) >= 11 is 0. The molecule has 130 heavy (non-hydrogen) atoms. The van der Waals surface area contributed by atoms with Crippen molar-refractivity contribution in [1.82, 2.24) is 29.9 Å². The number of fused-ring (bicyclic) bond motifs is 30. The molecule has 17 aromatic carbocycles. The molecule has 0 N–H and O–H groups in total. The molecule has 4 aliphatic rings. The smallest absolute Gasteiger partial charge is 0.161 e. The van der Waals surface area contributed by atoms with Crippen LogP contribution in [0.5, 0.6) is 0 Å². The van der Waals surface area contributed by atoms with E-state index < -0.39 is 0 Å². The van der Waals surface area contributed by atoms with E-state index in [1.807, 2.05) is 60.7 Å². The molecule has 616 valence electrons. The molecule has 0 radical (unpaired) electrons. The highest BCUT2D eigenvalue weighted by Gasteiger charge is 2.45. The van der Waals surface area contributed by atoms with Crippen molar-refractivity contribution in [2.45, 2.75) is 77.0 Å². The number of rotatable bonds is 6. The Kier molecular flexibility index (Phi) is 16.1. The normalized spacial score (nSPS) is 14.2. The molecule has 24 aromatic rings. The minimum absolute atomic E-state index is 0.101. The van der Waals surface area contributed by atoms with E-state index in [1.54, 1.807) is 0 Å². The van der Waals surface area contributed by atoms with Gasteiger partial charge in [0.1, 0.15) is 44.7 Å². The third kappa shape index (κ3) is 10.9. The maximum atomic E-state index is 6.58. The molecule has 10 nitrogen and oxygen atoms in total. The van der Waals surface area contributed by atoms with Crippen LogP contribution in [0.3, 0.4) is 0 Å². The summed E-state index contributed by atoms with van der Waals surface area (Å²) in [6.07, 6.45) is 0. The zero-order valence-electron chi connectivity index (χ0n) is 72.8. The molecule has 28 rings (SSSR count). The molecule has 0 saturated heterocycles. The second-order valence-corrected chi connectivity index (χ2v) is 37.3. The van der Waals surface area contributed by atoms with Gasteiger partial charge in [-0.25, -0.2) is 29.9 Å². The molecule has 0 atom stereocenters. The van der Waals surface area contributed by atoms with Crippen LogP contribution in [0.15, 0.2) is 370 Å². The lowest BCUT2D eigenvalue weighted by molar-refractivity contribution is 0.657. The van der Waals surface area contributed by atoms with E-state index in [0.29, 0.717) is 17.5 Å². The maximum absolute atomic E-state index is 6.58. The van der Waals surface area contributed by atoms with Gasteiger partial charge in [-0.1, -0.05) is 334 Å². The Bertz CT molecular complexity index is 9020. The first kappa shape index (κ1) is 75.3. The van der Waals surface area contributed by atoms with Crippen LogP contribution >= 0.6 is 0 Å². The molecule has 0 unspecified atom stereocenters. The van der Waals surface area contributed by atoms with Crippen molar-refractivity contribution < 1.29 is 17.7 Å². The molecule has 0 amide bonds. The second kappa shape index (κ2) is 27.7. The van der Waals surface area contributed by atoms with Gasteiger partial charge < -0.3 is 17.7 Å². The van der Waals surface area contributed by atoms with E-state index in [2.05, 4.69) is 347 Å². The minimum atomic E-state index is -0.242. The fraction of sp³-hybridized carbons (Fsp3) is 0.100. The number of benzene rings is 17. The summed E-state index contributed by atoms with van der Waals surface area (Å²) < 4.78 is 25.9. The summed E-state index contributed by atoms with van der Waals surface area (Å²) in [7, 11) is 0. The summed E-state index contributed by atoms with van der Waals surface area (Å²) in [5.41, 5.74) is 38.4. The standard InChI is InChI=1S/C44H32N2O.C41H26N2O2.C35H24N2O/c1-43(2)32-17-9-5-13-26(32)27-22-21-25(23-34(27)43)41-29-15-7-11-19-35(29)45-42(46-41)31-24-37-39(30-16-8-12-20-36(30)47-37)40-38(31)28-14-6-10-18-33(28)44(40,3)4;1-41(2)29-17-7-3-12-23(29)36-28(22-34-37(38(36)41)26-15-6-10-20-32(26)45-34)40-42-30-18-8-4-13-24(30)39(43-40)27-16-11-21-33-35(27)25-14-5-9-19-31(25)44-33;1-35(2)26-17-9-6-14-22(26)30-25(20-29-31(32(30)35)24-16-8-11-19-28(24)38-29)34-36-27-18-10-7-15-23(27)33(37-34)21-12-4-3-5-13-21/h5-24H,1-4H3;3-22H,1-2H3;3-20H,1-2H3. The van der Waals surface area contributed by atoms with Crippen LogP contribution < -0.4 is 0 Å². The van der Waals surface area contributed by atoms with E-state index in [0.717, 1.165) is 155 Å². The Morgan fingerprint density at radius 3 is 0.908 bits per heavy atom. The van der Waals surface area contributed by atoms with Crippen LogP contribution in [-0.2, 0) is 21.7 Å². The summed E-state index contributed by atoms with van der Waals surface area (Å²) in [5.74, 6) is 2.11. The molecule has 0 spiro atoms. The van der Waals surface area contributed by atoms with Gasteiger partial charge in [-0.05, 0) is 162 Å². The first-order valence-corrected chi connectivity index (χ1v) is 44.8. The first-order chi connectivity index (χ1) is 63.5. The van der Waals surface area contributed by atoms with Gasteiger partial charge in [-0.15, -0.1) is 0 Å². The summed E-state index contributed by atoms with van der Waals surface area (Å²) in [4.78, 5) is 31.8. The van der Waals surface area contributed by atoms with E-state index in [9.17, 15) is 0 Å². The molecule has 0 fully saturated rings. The predicted molar refractivity (Wildman–Crippen MR) is 531 cm³/mol. The lowest BCUT2D eigenvalue weighted by Crippen LogP contribution is -2.15. The van der Waals surface area contributed by atoms with Crippen LogP contribution in [0.2, 0.25) is 0 Å². The van der Waals surface area contributed by atoms with Gasteiger partial charge in [0.25, 0.3) is 0 Å². The van der Waals surface area contributed by atoms with Crippen LogP contribution in [-0.4, -0.2) is 29.9 Å². The zero-order chi connectivity index (χ0) is 87.0. The summed E-state index contributed by atoms with van der Waals surface area (Å²) in [6, 6.07) is 123. The first-order valence-electron chi connectivity index (χ1n) is 44.8. The Labute approximate surface area is 748 Å². The fourth-order valence-corrected chi connectivity index (χ4v) is 22.7. The highest BCUT2D eigenvalue weighted by atomic mass is 16.3. The number of nitrogens with zero attached hydrogens (tertiary/aromatic N) is 6. The minimum Gasteiger partial charge on any atom is -0.456 e. The van der Waals surface area contributed by atoms with Crippen molar-refractivity contribution >= 4 is 120 Å². The van der Waals surface area contributed by atoms with Gasteiger partial charge in [-0.2, -0.15) is 0 Å². The molecule has 7 aromatic heterocycles. The number of aromatic nitrogens is 6. The zero-order valence-corrected chi connectivity index (χ0v) is 72.8. The van der Waals surface area contributed by atoms with Crippen LogP contribution in [0.25, 0.3) is 233 Å². The highest BCUT2D eigenvalue weighted by molar-refractivity contribution is 6.19. The van der Waals surface area contributed by atoms with Gasteiger partial charge in [0.2, 0.25) is 0 Å². The van der Waals surface area contributed by atoms with Gasteiger partial charge in [-0.3, -0.25) is 0 Å². The molecular formula is C120H82N6O4. The molecule has 10 heteroatoms. The van der Waals surface area contributed by atoms with Gasteiger partial charge in [0.05, 0.1) is 33.6 Å². The third-order valence-electron chi connectivity index (χ3n) is 28.6. The molecule has 0 aliphatic heterocycles. The van der Waals surface area contributed by atoms with Gasteiger partial charge >= 0.3 is 0 Å². The van der Waals surface area contributed by atoms with Crippen molar-refractivity contribution in [2.24, 2.45) is 0 Å². The lowest BCUT2D eigenvalue weighted by atomic mass is 9.80. The van der Waals surface area contributed by atoms with E-state index in [4.69, 9.17) is 47.6 Å². The van der Waals surface area contributed by atoms with Crippen molar-refractivity contribution in [3.05, 3.63) is 396 Å². The Morgan fingerprint density at radius 1 is 0.185 bits per heavy atom. The average Bonchev–Trinajstić information content (AvgIpc) is 1.54. The molecule has 0 saturated carbocycles. The summed E-state index contributed by atoms with van der Waals surface area (Å²) in [5, 5.41) is 12.2. The monoisotopic (exact) mass is 1670 g/mol. The van der Waals surface area contributed by atoms with Crippen molar-refractivity contribution in [2.75, 3.05) is 0 Å². The van der Waals surface area contributed by atoms with Crippen molar-refractivity contribution in [3.8, 4) is 112 Å². The molecule has 4 aliphatic carbocycles. The van der Waals surface area contributed by atoms with Gasteiger partial charge in [0, 0.05) is 114 Å². The van der Waals surface area contributed by atoms with Crippen LogP contribution in [0, 0.1) is 0 Å². The third-order valence-corrected chi connectivity index (χ3v) is 28.6. The number of hydrogen-bond acceptors (Lipinski definition) is 10. The van der Waals surface area contributed by atoms with E-state index in [1.165, 1.54) is 105 Å². The van der Waals surface area contributed by atoms with E-state index >= 15 is 0 Å². The van der Waals surface area contributed by atoms with Crippen LogP contribution in [0.4, 0.5) is 0 Å². The molecule has 0 bridgehead atoms.